The molecule has 0 aliphatic carbocycles. The zero-order chi connectivity index (χ0) is 16.2. The van der Waals surface area contributed by atoms with E-state index in [9.17, 15) is 4.79 Å². The quantitative estimate of drug-likeness (QED) is 0.777. The molecule has 3 nitrogen and oxygen atoms in total. The number of fused-ring (bicyclic) bond motifs is 1. The summed E-state index contributed by atoms with van der Waals surface area (Å²) >= 11 is 5.89. The Hall–Kier alpha value is -2.39. The van der Waals surface area contributed by atoms with Crippen molar-refractivity contribution in [2.75, 3.05) is 0 Å². The van der Waals surface area contributed by atoms with E-state index in [1.165, 1.54) is 0 Å². The van der Waals surface area contributed by atoms with E-state index in [-0.39, 0.29) is 11.8 Å². The standard InChI is InChI=1S/C19H17ClN2O/c1-13(14-6-8-16(20)9-7-14)19(23)22-12-15-10-11-21-18-5-3-2-4-17(15)18/h2-11,13H,12H2,1H3,(H,22,23)/t13-/m0/s1. The molecule has 4 heteroatoms. The van der Waals surface area contributed by atoms with Gasteiger partial charge in [-0.2, -0.15) is 0 Å². The summed E-state index contributed by atoms with van der Waals surface area (Å²) in [5, 5.41) is 4.74. The van der Waals surface area contributed by atoms with Gasteiger partial charge in [-0.05, 0) is 42.3 Å². The number of hydrogen-bond acceptors (Lipinski definition) is 2. The summed E-state index contributed by atoms with van der Waals surface area (Å²) in [6.45, 7) is 2.38. The largest absolute Gasteiger partial charge is 0.351 e. The lowest BCUT2D eigenvalue weighted by Crippen LogP contribution is -2.27. The van der Waals surface area contributed by atoms with Crippen LogP contribution in [0.25, 0.3) is 10.9 Å². The van der Waals surface area contributed by atoms with Crippen molar-refractivity contribution in [2.24, 2.45) is 0 Å². The molecule has 0 aliphatic heterocycles. The second-order valence-electron chi connectivity index (χ2n) is 5.48. The molecule has 0 unspecified atom stereocenters. The van der Waals surface area contributed by atoms with Gasteiger partial charge in [0, 0.05) is 23.2 Å². The van der Waals surface area contributed by atoms with Crippen LogP contribution >= 0.6 is 11.6 Å². The van der Waals surface area contributed by atoms with Crippen LogP contribution in [0, 0.1) is 0 Å². The van der Waals surface area contributed by atoms with Crippen LogP contribution < -0.4 is 5.32 Å². The van der Waals surface area contributed by atoms with Gasteiger partial charge in [0.2, 0.25) is 5.91 Å². The molecule has 2 aromatic carbocycles. The molecule has 0 bridgehead atoms. The van der Waals surface area contributed by atoms with Crippen molar-refractivity contribution < 1.29 is 4.79 Å². The highest BCUT2D eigenvalue weighted by Crippen LogP contribution is 2.19. The van der Waals surface area contributed by atoms with Gasteiger partial charge in [0.25, 0.3) is 0 Å². The summed E-state index contributed by atoms with van der Waals surface area (Å²) < 4.78 is 0. The molecule has 0 radical (unpaired) electrons. The zero-order valence-electron chi connectivity index (χ0n) is 12.8. The average molecular weight is 325 g/mol. The van der Waals surface area contributed by atoms with Gasteiger partial charge in [0.1, 0.15) is 0 Å². The van der Waals surface area contributed by atoms with Gasteiger partial charge < -0.3 is 5.32 Å². The van der Waals surface area contributed by atoms with Crippen LogP contribution in [0.5, 0.6) is 0 Å². The van der Waals surface area contributed by atoms with Crippen molar-refractivity contribution in [2.45, 2.75) is 19.4 Å². The van der Waals surface area contributed by atoms with Crippen LogP contribution in [0.4, 0.5) is 0 Å². The molecule has 23 heavy (non-hydrogen) atoms. The van der Waals surface area contributed by atoms with Crippen molar-refractivity contribution in [1.82, 2.24) is 10.3 Å². The SMILES string of the molecule is C[C@H](C(=O)NCc1ccnc2ccccc12)c1ccc(Cl)cc1. The van der Waals surface area contributed by atoms with Gasteiger partial charge >= 0.3 is 0 Å². The molecule has 1 amide bonds. The van der Waals surface area contributed by atoms with Crippen molar-refractivity contribution in [3.05, 3.63) is 76.9 Å². The minimum Gasteiger partial charge on any atom is -0.351 e. The van der Waals surface area contributed by atoms with E-state index < -0.39 is 0 Å². The van der Waals surface area contributed by atoms with Gasteiger partial charge in [-0.25, -0.2) is 0 Å². The highest BCUT2D eigenvalue weighted by atomic mass is 35.5. The van der Waals surface area contributed by atoms with Gasteiger partial charge in [-0.3, -0.25) is 9.78 Å². The molecule has 1 N–H and O–H groups in total. The van der Waals surface area contributed by atoms with Crippen LogP contribution in [0.2, 0.25) is 5.02 Å². The maximum absolute atomic E-state index is 12.4. The summed E-state index contributed by atoms with van der Waals surface area (Å²) in [5.41, 5.74) is 2.95. The number of halogens is 1. The number of nitrogens with zero attached hydrogens (tertiary/aromatic N) is 1. The number of carbonyl (C=O) groups excluding carboxylic acids is 1. The van der Waals surface area contributed by atoms with E-state index in [1.807, 2.05) is 49.4 Å². The summed E-state index contributed by atoms with van der Waals surface area (Å²) in [5.74, 6) is -0.228. The number of carbonyl (C=O) groups is 1. The highest BCUT2D eigenvalue weighted by Gasteiger charge is 2.15. The van der Waals surface area contributed by atoms with Crippen molar-refractivity contribution in [1.29, 1.82) is 0 Å². The minimum atomic E-state index is -0.222. The summed E-state index contributed by atoms with van der Waals surface area (Å²) in [7, 11) is 0. The molecule has 3 rings (SSSR count). The normalized spacial score (nSPS) is 12.1. The number of benzene rings is 2. The van der Waals surface area contributed by atoms with Gasteiger partial charge in [0.15, 0.2) is 0 Å². The van der Waals surface area contributed by atoms with Crippen LogP contribution in [-0.2, 0) is 11.3 Å². The number of aromatic nitrogens is 1. The predicted octanol–water partition coefficient (Wildman–Crippen LogP) is 4.31. The van der Waals surface area contributed by atoms with Gasteiger partial charge in [0.05, 0.1) is 11.4 Å². The Bertz CT molecular complexity index is 825. The minimum absolute atomic E-state index is 0.00628. The molecule has 0 saturated carbocycles. The lowest BCUT2D eigenvalue weighted by Gasteiger charge is -2.13. The predicted molar refractivity (Wildman–Crippen MR) is 93.5 cm³/mol. The molecule has 0 saturated heterocycles. The molecule has 0 spiro atoms. The van der Waals surface area contributed by atoms with E-state index in [0.29, 0.717) is 11.6 Å². The van der Waals surface area contributed by atoms with Crippen molar-refractivity contribution in [3.8, 4) is 0 Å². The Labute approximate surface area is 140 Å². The second kappa shape index (κ2) is 6.80. The number of nitrogens with one attached hydrogen (secondary N) is 1. The second-order valence-corrected chi connectivity index (χ2v) is 5.91. The van der Waals surface area contributed by atoms with E-state index in [4.69, 9.17) is 11.6 Å². The number of amides is 1. The van der Waals surface area contributed by atoms with Crippen LogP contribution in [0.1, 0.15) is 24.0 Å². The molecule has 3 aromatic rings. The molecule has 1 aromatic heterocycles. The Morgan fingerprint density at radius 1 is 1.13 bits per heavy atom. The Balaban J connectivity index is 1.72. The smallest absolute Gasteiger partial charge is 0.227 e. The number of hydrogen-bond donors (Lipinski definition) is 1. The lowest BCUT2D eigenvalue weighted by molar-refractivity contribution is -0.122. The first-order valence-corrected chi connectivity index (χ1v) is 7.89. The molecular weight excluding hydrogens is 308 g/mol. The Kier molecular flexibility index (Phi) is 4.58. The monoisotopic (exact) mass is 324 g/mol. The van der Waals surface area contributed by atoms with E-state index in [0.717, 1.165) is 22.0 Å². The molecule has 1 atom stereocenters. The van der Waals surface area contributed by atoms with Gasteiger partial charge in [-0.15, -0.1) is 0 Å². The third kappa shape index (κ3) is 3.51. The lowest BCUT2D eigenvalue weighted by atomic mass is 10.0. The topological polar surface area (TPSA) is 42.0 Å². The van der Waals surface area contributed by atoms with Crippen molar-refractivity contribution >= 4 is 28.4 Å². The van der Waals surface area contributed by atoms with Crippen LogP contribution in [-0.4, -0.2) is 10.9 Å². The molecule has 1 heterocycles. The average Bonchev–Trinajstić information content (AvgIpc) is 2.59. The maximum Gasteiger partial charge on any atom is 0.227 e. The van der Waals surface area contributed by atoms with Crippen molar-refractivity contribution in [3.63, 3.8) is 0 Å². The third-order valence-corrected chi connectivity index (χ3v) is 4.21. The third-order valence-electron chi connectivity index (χ3n) is 3.96. The Morgan fingerprint density at radius 2 is 1.87 bits per heavy atom. The molecule has 116 valence electrons. The summed E-state index contributed by atoms with van der Waals surface area (Å²) in [6.07, 6.45) is 1.77. The maximum atomic E-state index is 12.4. The van der Waals surface area contributed by atoms with E-state index in [1.54, 1.807) is 18.3 Å². The first-order valence-electron chi connectivity index (χ1n) is 7.51. The van der Waals surface area contributed by atoms with Crippen LogP contribution in [0.15, 0.2) is 60.8 Å². The molecular formula is C19H17ClN2O. The molecule has 0 aliphatic rings. The number of para-hydroxylation sites is 1. The summed E-state index contributed by atoms with van der Waals surface area (Å²) in [6, 6.07) is 17.2. The summed E-state index contributed by atoms with van der Waals surface area (Å²) in [4.78, 5) is 16.7. The number of rotatable bonds is 4. The first kappa shape index (κ1) is 15.5. The fourth-order valence-corrected chi connectivity index (χ4v) is 2.67. The van der Waals surface area contributed by atoms with Gasteiger partial charge in [-0.1, -0.05) is 41.9 Å². The van der Waals surface area contributed by atoms with Crippen LogP contribution in [0.3, 0.4) is 0 Å². The Morgan fingerprint density at radius 3 is 2.65 bits per heavy atom. The number of pyridine rings is 1. The van der Waals surface area contributed by atoms with E-state index >= 15 is 0 Å². The fourth-order valence-electron chi connectivity index (χ4n) is 2.55. The highest BCUT2D eigenvalue weighted by molar-refractivity contribution is 6.30. The fraction of sp³-hybridized carbons (Fsp3) is 0.158. The van der Waals surface area contributed by atoms with E-state index in [2.05, 4.69) is 10.3 Å². The zero-order valence-corrected chi connectivity index (χ0v) is 13.5. The molecule has 0 fully saturated rings. The first-order chi connectivity index (χ1) is 11.1.